The molecule has 2 amide bonds. The summed E-state index contributed by atoms with van der Waals surface area (Å²) in [6.07, 6.45) is -1.10. The van der Waals surface area contributed by atoms with E-state index in [0.717, 1.165) is 10.2 Å². The fourth-order valence-electron chi connectivity index (χ4n) is 3.10. The van der Waals surface area contributed by atoms with Crippen LogP contribution in [-0.2, 0) is 17.8 Å². The highest BCUT2D eigenvalue weighted by molar-refractivity contribution is 5.96. The first-order valence-corrected chi connectivity index (χ1v) is 9.58. The van der Waals surface area contributed by atoms with Crippen LogP contribution in [0.15, 0.2) is 45.6 Å². The van der Waals surface area contributed by atoms with Crippen LogP contribution in [-0.4, -0.2) is 52.1 Å². The number of pyridine rings is 1. The smallest absolute Gasteiger partial charge is 0.443 e. The zero-order valence-corrected chi connectivity index (χ0v) is 17.0. The second-order valence-electron chi connectivity index (χ2n) is 6.76. The third-order valence-electron chi connectivity index (χ3n) is 4.65. The van der Waals surface area contributed by atoms with Gasteiger partial charge in [-0.25, -0.2) is 14.6 Å². The molecule has 3 aromatic rings. The van der Waals surface area contributed by atoms with Crippen molar-refractivity contribution in [3.8, 4) is 17.3 Å². The second-order valence-corrected chi connectivity index (χ2v) is 6.76. The molecule has 166 valence electrons. The predicted molar refractivity (Wildman–Crippen MR) is 109 cm³/mol. The molecule has 2 N–H and O–H groups in total. The molecule has 12 heteroatoms. The first-order valence-electron chi connectivity index (χ1n) is 9.58. The number of hydrogen-bond acceptors (Lipinski definition) is 8. The molecule has 0 saturated heterocycles. The summed E-state index contributed by atoms with van der Waals surface area (Å²) in [5.41, 5.74) is 0.853. The van der Waals surface area contributed by atoms with Gasteiger partial charge in [0.05, 0.1) is 13.7 Å². The van der Waals surface area contributed by atoms with Crippen molar-refractivity contribution < 1.29 is 28.6 Å². The molecule has 0 atom stereocenters. The Balaban J connectivity index is 1.61. The molecule has 12 nitrogen and oxygen atoms in total. The number of carbonyl (C=O) groups is 2. The lowest BCUT2D eigenvalue weighted by atomic mass is 10.2. The van der Waals surface area contributed by atoms with Crippen molar-refractivity contribution in [3.05, 3.63) is 58.4 Å². The fourth-order valence-corrected chi connectivity index (χ4v) is 3.10. The number of fused-ring (bicyclic) bond motifs is 1. The van der Waals surface area contributed by atoms with Gasteiger partial charge >= 0.3 is 11.8 Å². The molecule has 3 heterocycles. The van der Waals surface area contributed by atoms with Crippen molar-refractivity contribution in [1.29, 1.82) is 0 Å². The highest BCUT2D eigenvalue weighted by Gasteiger charge is 2.28. The van der Waals surface area contributed by atoms with Crippen LogP contribution < -0.4 is 25.4 Å². The maximum atomic E-state index is 12.6. The third-order valence-corrected chi connectivity index (χ3v) is 4.65. The molecule has 0 spiro atoms. The summed E-state index contributed by atoms with van der Waals surface area (Å²) in [6, 6.07) is 10.4. The summed E-state index contributed by atoms with van der Waals surface area (Å²) in [5, 5.41) is 14.9. The number of carboxylic acid groups (broad SMARTS) is 1. The van der Waals surface area contributed by atoms with Gasteiger partial charge in [0.1, 0.15) is 5.75 Å². The number of nitrogens with one attached hydrogen (secondary N) is 1. The van der Waals surface area contributed by atoms with E-state index < -0.39 is 11.8 Å². The van der Waals surface area contributed by atoms with Crippen molar-refractivity contribution in [2.45, 2.75) is 13.0 Å². The minimum Gasteiger partial charge on any atom is -0.497 e. The van der Waals surface area contributed by atoms with Crippen LogP contribution in [0.2, 0.25) is 0 Å². The summed E-state index contributed by atoms with van der Waals surface area (Å²) < 4.78 is 16.6. The minimum absolute atomic E-state index is 0.0326. The molecular weight excluding hydrogens is 422 g/mol. The maximum absolute atomic E-state index is 12.6. The van der Waals surface area contributed by atoms with E-state index in [1.54, 1.807) is 25.3 Å². The molecule has 1 aliphatic rings. The normalized spacial score (nSPS) is 12.8. The largest absolute Gasteiger partial charge is 0.497 e. The Bertz CT molecular complexity index is 1200. The summed E-state index contributed by atoms with van der Waals surface area (Å²) in [4.78, 5) is 41.2. The number of rotatable bonds is 7. The number of methoxy groups -OCH3 is 1. The van der Waals surface area contributed by atoms with Crippen LogP contribution in [0.1, 0.15) is 11.5 Å². The van der Waals surface area contributed by atoms with Gasteiger partial charge < -0.3 is 24.3 Å². The average molecular weight is 441 g/mol. The van der Waals surface area contributed by atoms with Gasteiger partial charge in [-0.05, 0) is 29.8 Å². The monoisotopic (exact) mass is 441 g/mol. The fraction of sp³-hybridized carbons (Fsp3) is 0.250. The molecule has 0 aliphatic carbocycles. The summed E-state index contributed by atoms with van der Waals surface area (Å²) >= 11 is 0. The van der Waals surface area contributed by atoms with Crippen LogP contribution in [0.3, 0.4) is 0 Å². The van der Waals surface area contributed by atoms with E-state index in [0.29, 0.717) is 11.5 Å². The Morgan fingerprint density at radius 1 is 1.22 bits per heavy atom. The van der Waals surface area contributed by atoms with Crippen LogP contribution in [0.5, 0.6) is 11.5 Å². The van der Waals surface area contributed by atoms with Crippen LogP contribution in [0.25, 0.3) is 5.82 Å². The molecule has 2 aromatic heterocycles. The minimum atomic E-state index is -1.19. The van der Waals surface area contributed by atoms with Crippen LogP contribution in [0, 0.1) is 0 Å². The van der Waals surface area contributed by atoms with Gasteiger partial charge in [-0.3, -0.25) is 9.69 Å². The maximum Gasteiger partial charge on any atom is 0.443 e. The van der Waals surface area contributed by atoms with Crippen molar-refractivity contribution in [3.63, 3.8) is 0 Å². The number of anilines is 1. The van der Waals surface area contributed by atoms with E-state index >= 15 is 0 Å². The molecule has 0 radical (unpaired) electrons. The Labute approximate surface area is 181 Å². The van der Waals surface area contributed by atoms with E-state index in [1.807, 2.05) is 12.1 Å². The summed E-state index contributed by atoms with van der Waals surface area (Å²) in [7, 11) is 1.57. The quantitative estimate of drug-likeness (QED) is 0.547. The number of aromatic nitrogens is 3. The molecule has 0 unspecified atom stereocenters. The number of amides is 2. The first-order chi connectivity index (χ1) is 15.4. The van der Waals surface area contributed by atoms with Gasteiger partial charge in [-0.1, -0.05) is 12.1 Å². The van der Waals surface area contributed by atoms with E-state index in [-0.39, 0.29) is 49.6 Å². The summed E-state index contributed by atoms with van der Waals surface area (Å²) in [6.45, 7) is 0.148. The van der Waals surface area contributed by atoms with Crippen molar-refractivity contribution in [2.24, 2.45) is 0 Å². The van der Waals surface area contributed by atoms with Crippen LogP contribution in [0.4, 0.5) is 10.6 Å². The lowest BCUT2D eigenvalue weighted by Crippen LogP contribution is -2.39. The van der Waals surface area contributed by atoms with Crippen molar-refractivity contribution in [2.75, 3.05) is 25.2 Å². The number of nitrogens with zero attached hydrogens (tertiary/aromatic N) is 4. The molecule has 4 rings (SSSR count). The molecule has 0 fully saturated rings. The third kappa shape index (κ3) is 4.38. The Kier molecular flexibility index (Phi) is 5.75. The molecular formula is C20H19N5O7. The van der Waals surface area contributed by atoms with Gasteiger partial charge in [0.2, 0.25) is 5.89 Å². The number of carbonyl (C=O) groups excluding carboxylic acids is 1. The standard InChI is InChI=1S/C20H19N5O7/c1-30-13-4-2-12(3-5-13)10-24-17(26)11-31-14-6-7-15(22-18(14)24)25-20(29)32-16(23-25)8-9-21-19(27)28/h2-7,21H,8-11H2,1H3,(H,27,28). The van der Waals surface area contributed by atoms with Gasteiger partial charge in [0, 0.05) is 13.0 Å². The Morgan fingerprint density at radius 2 is 2.00 bits per heavy atom. The van der Waals surface area contributed by atoms with Crippen molar-refractivity contribution >= 4 is 17.8 Å². The van der Waals surface area contributed by atoms with Gasteiger partial charge in [-0.2, -0.15) is 0 Å². The topological polar surface area (TPSA) is 149 Å². The van der Waals surface area contributed by atoms with Crippen LogP contribution >= 0.6 is 0 Å². The highest BCUT2D eigenvalue weighted by Crippen LogP contribution is 2.32. The molecule has 1 aliphatic heterocycles. The van der Waals surface area contributed by atoms with E-state index in [4.69, 9.17) is 19.0 Å². The molecule has 0 bridgehead atoms. The number of benzene rings is 1. The molecule has 1 aromatic carbocycles. The van der Waals surface area contributed by atoms with E-state index in [2.05, 4.69) is 15.4 Å². The number of hydrogen-bond donors (Lipinski definition) is 2. The highest BCUT2D eigenvalue weighted by atomic mass is 16.5. The first kappa shape index (κ1) is 20.9. The molecule has 0 saturated carbocycles. The lowest BCUT2D eigenvalue weighted by molar-refractivity contribution is -0.121. The van der Waals surface area contributed by atoms with Crippen molar-refractivity contribution in [1.82, 2.24) is 20.1 Å². The lowest BCUT2D eigenvalue weighted by Gasteiger charge is -2.28. The zero-order chi connectivity index (χ0) is 22.7. The predicted octanol–water partition coefficient (Wildman–Crippen LogP) is 0.965. The van der Waals surface area contributed by atoms with Gasteiger partial charge in [0.15, 0.2) is 24.0 Å². The summed E-state index contributed by atoms with van der Waals surface area (Å²) in [5.74, 6) is 0.447. The SMILES string of the molecule is COc1ccc(CN2C(=O)COc3ccc(-n4nc(CCNC(=O)O)oc4=O)nc32)cc1. The second kappa shape index (κ2) is 8.79. The van der Waals surface area contributed by atoms with Gasteiger partial charge in [0.25, 0.3) is 5.91 Å². The Morgan fingerprint density at radius 3 is 2.72 bits per heavy atom. The van der Waals surface area contributed by atoms with E-state index in [9.17, 15) is 14.4 Å². The zero-order valence-electron chi connectivity index (χ0n) is 17.0. The average Bonchev–Trinajstić information content (AvgIpc) is 3.16. The van der Waals surface area contributed by atoms with E-state index in [1.165, 1.54) is 11.0 Å². The Hall–Kier alpha value is -4.35. The molecule has 32 heavy (non-hydrogen) atoms. The number of ether oxygens (including phenoxy) is 2. The van der Waals surface area contributed by atoms with Gasteiger partial charge in [-0.15, -0.1) is 9.78 Å².